The first kappa shape index (κ1) is 27.8. The van der Waals surface area contributed by atoms with Crippen molar-refractivity contribution in [2.75, 3.05) is 0 Å². The Morgan fingerprint density at radius 2 is 1.04 bits per heavy atom. The second kappa shape index (κ2) is 12.1. The molecule has 0 bridgehead atoms. The monoisotopic (exact) mass is 416 g/mol. The van der Waals surface area contributed by atoms with Crippen LogP contribution in [0.25, 0.3) is 0 Å². The molecule has 0 aliphatic heterocycles. The molecule has 10 heteroatoms. The van der Waals surface area contributed by atoms with Gasteiger partial charge in [-0.1, -0.05) is 46.8 Å². The van der Waals surface area contributed by atoms with Crippen LogP contribution >= 0.6 is 23.2 Å². The zero-order valence-corrected chi connectivity index (χ0v) is 20.1. The van der Waals surface area contributed by atoms with E-state index < -0.39 is 23.4 Å². The molecule has 128 valence electrons. The molecule has 0 radical (unpaired) electrons. The van der Waals surface area contributed by atoms with Crippen molar-refractivity contribution in [3.63, 3.8) is 0 Å². The molecule has 0 amide bonds. The molecule has 0 fully saturated rings. The topological polar surface area (TPSA) is 121 Å². The number of rotatable bonds is 2. The number of benzene rings is 2. The second-order valence-corrected chi connectivity index (χ2v) is 5.52. The van der Waals surface area contributed by atoms with Gasteiger partial charge in [-0.2, -0.15) is 0 Å². The molecule has 0 heterocycles. The van der Waals surface area contributed by atoms with Crippen molar-refractivity contribution in [1.82, 2.24) is 0 Å². The Kier molecular flexibility index (Phi) is 12.9. The smallest absolute Gasteiger partial charge is 0.872 e. The van der Waals surface area contributed by atoms with Crippen LogP contribution in [0.2, 0.25) is 10.0 Å². The van der Waals surface area contributed by atoms with Gasteiger partial charge in [0.2, 0.25) is 0 Å². The third kappa shape index (κ3) is 6.94. The Labute approximate surface area is 204 Å². The van der Waals surface area contributed by atoms with Gasteiger partial charge in [0.15, 0.2) is 0 Å². The first-order chi connectivity index (χ1) is 11.1. The Bertz CT molecular complexity index is 744. The van der Waals surface area contributed by atoms with E-state index in [2.05, 4.69) is 0 Å². The van der Waals surface area contributed by atoms with Gasteiger partial charge in [0, 0.05) is 10.0 Å². The van der Waals surface area contributed by atoms with Gasteiger partial charge in [-0.05, 0) is 37.1 Å². The van der Waals surface area contributed by atoms with Gasteiger partial charge in [0.25, 0.3) is 0 Å². The second-order valence-electron chi connectivity index (χ2n) is 4.70. The van der Waals surface area contributed by atoms with Crippen molar-refractivity contribution in [2.45, 2.75) is 13.8 Å². The largest absolute Gasteiger partial charge is 1.00 e. The van der Waals surface area contributed by atoms with E-state index in [4.69, 9.17) is 33.4 Å². The fraction of sp³-hybridized carbons (Fsp3) is 0.125. The Morgan fingerprint density at radius 3 is 1.23 bits per heavy atom. The molecule has 26 heavy (non-hydrogen) atoms. The Hall–Kier alpha value is -0.440. The van der Waals surface area contributed by atoms with Crippen LogP contribution in [0.3, 0.4) is 0 Å². The van der Waals surface area contributed by atoms with Crippen LogP contribution < -0.4 is 69.3 Å². The minimum Gasteiger partial charge on any atom is -0.872 e. The molecule has 2 aromatic carbocycles. The van der Waals surface area contributed by atoms with Gasteiger partial charge < -0.3 is 20.4 Å². The number of carbonyl (C=O) groups is 2. The standard InChI is InChI=1S/2C8H7ClO3.2Na/c2*1-4-5(9)2-3-6(10)7(4)8(11)12;;/h2*2-3,10H,1H3,(H,11,12);;/q;;2*+1/p-2. The maximum absolute atomic E-state index is 11.0. The molecule has 0 aliphatic carbocycles. The van der Waals surface area contributed by atoms with Crippen LogP contribution in [0, 0.1) is 13.8 Å². The molecule has 0 aliphatic rings. The summed E-state index contributed by atoms with van der Waals surface area (Å²) in [6.07, 6.45) is 0. The van der Waals surface area contributed by atoms with Crippen LogP contribution in [-0.4, -0.2) is 22.2 Å². The van der Waals surface area contributed by atoms with E-state index in [1.807, 2.05) is 0 Å². The first-order valence-electron chi connectivity index (χ1n) is 6.46. The summed E-state index contributed by atoms with van der Waals surface area (Å²) in [5, 5.41) is 39.8. The molecule has 0 saturated carbocycles. The molecule has 2 rings (SSSR count). The van der Waals surface area contributed by atoms with E-state index in [1.165, 1.54) is 26.0 Å². The molecule has 2 N–H and O–H groups in total. The van der Waals surface area contributed by atoms with Crippen LogP contribution in [-0.2, 0) is 0 Å². The molecule has 2 aromatic rings. The fourth-order valence-electron chi connectivity index (χ4n) is 1.85. The zero-order chi connectivity index (χ0) is 18.6. The van der Waals surface area contributed by atoms with Crippen LogP contribution in [0.4, 0.5) is 0 Å². The minimum absolute atomic E-state index is 0. The summed E-state index contributed by atoms with van der Waals surface area (Å²) in [5.74, 6) is -3.49. The third-order valence-corrected chi connectivity index (χ3v) is 3.97. The van der Waals surface area contributed by atoms with Crippen LogP contribution in [0.15, 0.2) is 24.3 Å². The number of hydrogen-bond donors (Lipinski definition) is 2. The van der Waals surface area contributed by atoms with E-state index in [9.17, 15) is 19.8 Å². The molecular formula is C16H12Cl2Na2O6. The van der Waals surface area contributed by atoms with Gasteiger partial charge >= 0.3 is 71.1 Å². The molecule has 0 spiro atoms. The Morgan fingerprint density at radius 1 is 0.769 bits per heavy atom. The van der Waals surface area contributed by atoms with E-state index >= 15 is 0 Å². The van der Waals surface area contributed by atoms with Gasteiger partial charge in [-0.3, -0.25) is 0 Å². The summed E-state index contributed by atoms with van der Waals surface area (Å²) < 4.78 is 0. The number of carboxylic acids is 2. The normalized spacial score (nSPS) is 9.08. The van der Waals surface area contributed by atoms with Crippen molar-refractivity contribution >= 4 is 35.1 Å². The number of halogens is 2. The third-order valence-electron chi connectivity index (χ3n) is 3.15. The first-order valence-corrected chi connectivity index (χ1v) is 7.22. The maximum atomic E-state index is 11.0. The molecule has 0 atom stereocenters. The van der Waals surface area contributed by atoms with Crippen molar-refractivity contribution < 1.29 is 89.1 Å². The van der Waals surface area contributed by atoms with E-state index in [0.29, 0.717) is 21.2 Å². The summed E-state index contributed by atoms with van der Waals surface area (Å²) in [4.78, 5) is 21.1. The summed E-state index contributed by atoms with van der Waals surface area (Å²) in [5.41, 5.74) is 0.137. The van der Waals surface area contributed by atoms with Crippen molar-refractivity contribution in [3.05, 3.63) is 56.6 Å². The van der Waals surface area contributed by atoms with E-state index in [0.717, 1.165) is 12.1 Å². The summed E-state index contributed by atoms with van der Waals surface area (Å²) in [6.45, 7) is 3.01. The van der Waals surface area contributed by atoms with E-state index in [-0.39, 0.29) is 70.2 Å². The molecule has 0 saturated heterocycles. The SMILES string of the molecule is Cc1c(Cl)ccc([O-])c1C(=O)O.Cc1c(Cl)ccc([O-])c1C(=O)O.[Na+].[Na+]. The summed E-state index contributed by atoms with van der Waals surface area (Å²) >= 11 is 11.3. The van der Waals surface area contributed by atoms with Gasteiger partial charge in [0.05, 0.1) is 11.1 Å². The average molecular weight is 417 g/mol. The number of hydrogen-bond acceptors (Lipinski definition) is 4. The molecular weight excluding hydrogens is 405 g/mol. The van der Waals surface area contributed by atoms with Crippen LogP contribution in [0.1, 0.15) is 31.8 Å². The molecule has 0 unspecified atom stereocenters. The van der Waals surface area contributed by atoms with Crippen molar-refractivity contribution in [1.29, 1.82) is 0 Å². The summed E-state index contributed by atoms with van der Waals surface area (Å²) in [6, 6.07) is 5.09. The van der Waals surface area contributed by atoms with Gasteiger partial charge in [-0.25, -0.2) is 9.59 Å². The quantitative estimate of drug-likeness (QED) is 0.498. The maximum Gasteiger partial charge on any atom is 1.00 e. The predicted octanol–water partition coefficient (Wildman–Crippen LogP) is -3.15. The van der Waals surface area contributed by atoms with Gasteiger partial charge in [-0.15, -0.1) is 0 Å². The van der Waals surface area contributed by atoms with Crippen molar-refractivity contribution in [2.24, 2.45) is 0 Å². The van der Waals surface area contributed by atoms with E-state index in [1.54, 1.807) is 0 Å². The summed E-state index contributed by atoms with van der Waals surface area (Å²) in [7, 11) is 0. The predicted molar refractivity (Wildman–Crippen MR) is 85.2 cm³/mol. The fourth-order valence-corrected chi connectivity index (χ4v) is 2.17. The van der Waals surface area contributed by atoms with Crippen molar-refractivity contribution in [3.8, 4) is 11.5 Å². The van der Waals surface area contributed by atoms with Gasteiger partial charge in [0.1, 0.15) is 0 Å². The average Bonchev–Trinajstić information content (AvgIpc) is 2.48. The number of carboxylic acid groups (broad SMARTS) is 2. The number of aromatic carboxylic acids is 2. The van der Waals surface area contributed by atoms with Crippen LogP contribution in [0.5, 0.6) is 11.5 Å². The molecule has 0 aromatic heterocycles. The zero-order valence-electron chi connectivity index (χ0n) is 14.6. The minimum atomic E-state index is -1.24. The molecule has 6 nitrogen and oxygen atoms in total. The Balaban J connectivity index is 0.